The van der Waals surface area contributed by atoms with Gasteiger partial charge < -0.3 is 9.73 Å². The first kappa shape index (κ1) is 18.2. The van der Waals surface area contributed by atoms with Crippen LogP contribution in [0, 0.1) is 0 Å². The number of anilines is 1. The molecule has 8 heteroatoms. The lowest BCUT2D eigenvalue weighted by molar-refractivity contribution is -0.113. The summed E-state index contributed by atoms with van der Waals surface area (Å²) in [6.45, 7) is 4.79. The maximum atomic E-state index is 12.2. The van der Waals surface area contributed by atoms with E-state index in [9.17, 15) is 4.79 Å². The maximum Gasteiger partial charge on any atom is 0.234 e. The number of benzene rings is 1. The van der Waals surface area contributed by atoms with Gasteiger partial charge >= 0.3 is 0 Å². The third-order valence-corrected chi connectivity index (χ3v) is 5.05. The number of hydrogen-bond donors (Lipinski definition) is 1. The van der Waals surface area contributed by atoms with Crippen LogP contribution in [0.2, 0.25) is 0 Å². The number of tetrazole rings is 1. The van der Waals surface area contributed by atoms with Crippen LogP contribution in [0.25, 0.3) is 0 Å². The largest absolute Gasteiger partial charge is 0.467 e. The summed E-state index contributed by atoms with van der Waals surface area (Å²) in [6, 6.07) is 11.6. The van der Waals surface area contributed by atoms with Crippen molar-refractivity contribution in [3.63, 3.8) is 0 Å². The van der Waals surface area contributed by atoms with E-state index in [0.717, 1.165) is 17.9 Å². The van der Waals surface area contributed by atoms with E-state index in [1.54, 1.807) is 10.9 Å². The SMILES string of the molecule is CCC(C)c1ccc(NC(=O)CSc2nnnn2Cc2ccco2)cc1. The first-order valence-electron chi connectivity index (χ1n) is 8.47. The average Bonchev–Trinajstić information content (AvgIpc) is 3.32. The van der Waals surface area contributed by atoms with Crippen molar-refractivity contribution in [2.45, 2.75) is 37.9 Å². The Bertz CT molecular complexity index is 830. The number of rotatable bonds is 8. The highest BCUT2D eigenvalue weighted by Gasteiger charge is 2.12. The summed E-state index contributed by atoms with van der Waals surface area (Å²) in [7, 11) is 0. The van der Waals surface area contributed by atoms with Gasteiger partial charge in [-0.15, -0.1) is 5.10 Å². The number of aromatic nitrogens is 4. The van der Waals surface area contributed by atoms with Crippen LogP contribution in [0.1, 0.15) is 37.5 Å². The molecular weight excluding hydrogens is 350 g/mol. The summed E-state index contributed by atoms with van der Waals surface area (Å²) >= 11 is 1.29. The quantitative estimate of drug-likeness (QED) is 0.609. The van der Waals surface area contributed by atoms with Crippen LogP contribution in [-0.2, 0) is 11.3 Å². The molecule has 2 aromatic heterocycles. The Labute approximate surface area is 156 Å². The Morgan fingerprint density at radius 2 is 2.12 bits per heavy atom. The smallest absolute Gasteiger partial charge is 0.234 e. The summed E-state index contributed by atoms with van der Waals surface area (Å²) in [5, 5.41) is 15.0. The summed E-state index contributed by atoms with van der Waals surface area (Å²) in [5.41, 5.74) is 2.06. The van der Waals surface area contributed by atoms with Crippen molar-refractivity contribution in [3.8, 4) is 0 Å². The number of carbonyl (C=O) groups is 1. The highest BCUT2D eigenvalue weighted by molar-refractivity contribution is 7.99. The summed E-state index contributed by atoms with van der Waals surface area (Å²) < 4.78 is 6.90. The summed E-state index contributed by atoms with van der Waals surface area (Å²) in [6.07, 6.45) is 2.70. The number of amides is 1. The van der Waals surface area contributed by atoms with E-state index in [1.165, 1.54) is 17.3 Å². The molecule has 0 aliphatic heterocycles. The van der Waals surface area contributed by atoms with Crippen LogP contribution in [0.4, 0.5) is 5.69 Å². The molecule has 136 valence electrons. The molecule has 26 heavy (non-hydrogen) atoms. The van der Waals surface area contributed by atoms with Gasteiger partial charge in [0.2, 0.25) is 11.1 Å². The standard InChI is InChI=1S/C18H21N5O2S/c1-3-13(2)14-6-8-15(9-7-14)19-17(24)12-26-18-20-21-22-23(18)11-16-5-4-10-25-16/h4-10,13H,3,11-12H2,1-2H3,(H,19,24). The van der Waals surface area contributed by atoms with Gasteiger partial charge in [-0.25, -0.2) is 4.68 Å². The van der Waals surface area contributed by atoms with Crippen molar-refractivity contribution in [1.82, 2.24) is 20.2 Å². The lowest BCUT2D eigenvalue weighted by Gasteiger charge is -2.10. The van der Waals surface area contributed by atoms with Crippen LogP contribution in [0.3, 0.4) is 0 Å². The minimum atomic E-state index is -0.0983. The molecule has 1 N–H and O–H groups in total. The van der Waals surface area contributed by atoms with Crippen molar-refractivity contribution in [2.75, 3.05) is 11.1 Å². The van der Waals surface area contributed by atoms with Gasteiger partial charge in [0.1, 0.15) is 12.3 Å². The fourth-order valence-electron chi connectivity index (χ4n) is 2.41. The molecular formula is C18H21N5O2S. The Morgan fingerprint density at radius 3 is 2.81 bits per heavy atom. The van der Waals surface area contributed by atoms with Gasteiger partial charge in [-0.2, -0.15) is 0 Å². The number of hydrogen-bond acceptors (Lipinski definition) is 6. The molecule has 0 fully saturated rings. The van der Waals surface area contributed by atoms with Crippen LogP contribution in [0.5, 0.6) is 0 Å². The molecule has 0 radical (unpaired) electrons. The molecule has 0 saturated heterocycles. The zero-order valence-electron chi connectivity index (χ0n) is 14.8. The van der Waals surface area contributed by atoms with Gasteiger partial charge in [0.15, 0.2) is 0 Å². The zero-order valence-corrected chi connectivity index (χ0v) is 15.6. The number of nitrogens with one attached hydrogen (secondary N) is 1. The summed E-state index contributed by atoms with van der Waals surface area (Å²) in [5.74, 6) is 1.40. The predicted molar refractivity (Wildman–Crippen MR) is 100 cm³/mol. The van der Waals surface area contributed by atoms with E-state index < -0.39 is 0 Å². The van der Waals surface area contributed by atoms with Crippen LogP contribution in [0.15, 0.2) is 52.2 Å². The van der Waals surface area contributed by atoms with E-state index in [-0.39, 0.29) is 11.7 Å². The van der Waals surface area contributed by atoms with Crippen molar-refractivity contribution < 1.29 is 9.21 Å². The molecule has 1 aromatic carbocycles. The predicted octanol–water partition coefficient (Wildman–Crippen LogP) is 3.56. The van der Waals surface area contributed by atoms with Gasteiger partial charge in [-0.1, -0.05) is 37.7 Å². The van der Waals surface area contributed by atoms with E-state index >= 15 is 0 Å². The van der Waals surface area contributed by atoms with Crippen LogP contribution in [-0.4, -0.2) is 31.9 Å². The summed E-state index contributed by atoms with van der Waals surface area (Å²) in [4.78, 5) is 12.2. The highest BCUT2D eigenvalue weighted by Crippen LogP contribution is 2.21. The van der Waals surface area contributed by atoms with Crippen molar-refractivity contribution in [2.24, 2.45) is 0 Å². The zero-order chi connectivity index (χ0) is 18.4. The number of carbonyl (C=O) groups excluding carboxylic acids is 1. The molecule has 7 nitrogen and oxygen atoms in total. The van der Waals surface area contributed by atoms with Crippen LogP contribution >= 0.6 is 11.8 Å². The third-order valence-electron chi connectivity index (χ3n) is 4.09. The second-order valence-corrected chi connectivity index (χ2v) is 6.91. The second-order valence-electron chi connectivity index (χ2n) is 5.97. The number of nitrogens with zero attached hydrogens (tertiary/aromatic N) is 4. The fourth-order valence-corrected chi connectivity index (χ4v) is 3.08. The van der Waals surface area contributed by atoms with Crippen molar-refractivity contribution >= 4 is 23.4 Å². The van der Waals surface area contributed by atoms with E-state index in [1.807, 2.05) is 24.3 Å². The highest BCUT2D eigenvalue weighted by atomic mass is 32.2. The Hall–Kier alpha value is -2.61. The molecule has 3 aromatic rings. The number of thioether (sulfide) groups is 1. The van der Waals surface area contributed by atoms with E-state index in [0.29, 0.717) is 17.6 Å². The van der Waals surface area contributed by atoms with Gasteiger partial charge in [0.05, 0.1) is 12.0 Å². The molecule has 1 atom stereocenters. The maximum absolute atomic E-state index is 12.2. The number of furan rings is 1. The molecule has 1 amide bonds. The second kappa shape index (κ2) is 8.66. The van der Waals surface area contributed by atoms with Gasteiger partial charge in [0, 0.05) is 5.69 Å². The molecule has 3 rings (SSSR count). The third kappa shape index (κ3) is 4.72. The minimum Gasteiger partial charge on any atom is -0.467 e. The topological polar surface area (TPSA) is 85.8 Å². The van der Waals surface area contributed by atoms with Gasteiger partial charge in [0.25, 0.3) is 0 Å². The minimum absolute atomic E-state index is 0.0983. The van der Waals surface area contributed by atoms with Crippen molar-refractivity contribution in [3.05, 3.63) is 54.0 Å². The molecule has 0 spiro atoms. The molecule has 0 saturated carbocycles. The van der Waals surface area contributed by atoms with E-state index in [2.05, 4.69) is 46.8 Å². The normalized spacial score (nSPS) is 12.1. The first-order chi connectivity index (χ1) is 12.7. The Morgan fingerprint density at radius 1 is 1.31 bits per heavy atom. The van der Waals surface area contributed by atoms with Crippen LogP contribution < -0.4 is 5.32 Å². The van der Waals surface area contributed by atoms with Gasteiger partial charge in [-0.3, -0.25) is 4.79 Å². The molecule has 0 aliphatic rings. The monoisotopic (exact) mass is 371 g/mol. The molecule has 2 heterocycles. The lowest BCUT2D eigenvalue weighted by atomic mass is 9.99. The molecule has 1 unspecified atom stereocenters. The molecule has 0 bridgehead atoms. The lowest BCUT2D eigenvalue weighted by Crippen LogP contribution is -2.15. The first-order valence-corrected chi connectivity index (χ1v) is 9.45. The average molecular weight is 371 g/mol. The van der Waals surface area contributed by atoms with Crippen molar-refractivity contribution in [1.29, 1.82) is 0 Å². The Balaban J connectivity index is 1.52. The van der Waals surface area contributed by atoms with Gasteiger partial charge in [-0.05, 0) is 52.6 Å². The Kier molecular flexibility index (Phi) is 6.06. The fraction of sp³-hybridized carbons (Fsp3) is 0.333. The van der Waals surface area contributed by atoms with E-state index in [4.69, 9.17) is 4.42 Å². The molecule has 0 aliphatic carbocycles.